The van der Waals surface area contributed by atoms with Crippen LogP contribution in [0.15, 0.2) is 30.5 Å². The maximum atomic E-state index is 10.9. The van der Waals surface area contributed by atoms with Gasteiger partial charge in [0.1, 0.15) is 0 Å². The fourth-order valence-corrected chi connectivity index (χ4v) is 1.96. The maximum absolute atomic E-state index is 10.9. The van der Waals surface area contributed by atoms with Gasteiger partial charge in [0.05, 0.1) is 10.7 Å². The van der Waals surface area contributed by atoms with E-state index in [1.807, 2.05) is 6.07 Å². The van der Waals surface area contributed by atoms with Crippen molar-refractivity contribution < 1.29 is 4.79 Å². The Bertz CT molecular complexity index is 524. The van der Waals surface area contributed by atoms with Crippen LogP contribution < -0.4 is 0 Å². The third kappa shape index (κ3) is 1.86. The molecular formula is C11H9ClN2OS. The molecule has 0 aliphatic rings. The second-order valence-corrected chi connectivity index (χ2v) is 3.89. The van der Waals surface area contributed by atoms with Gasteiger partial charge in [0, 0.05) is 17.6 Å². The van der Waals surface area contributed by atoms with Crippen molar-refractivity contribution in [2.75, 3.05) is 0 Å². The van der Waals surface area contributed by atoms with Gasteiger partial charge in [-0.1, -0.05) is 11.6 Å². The average molecular weight is 253 g/mol. The van der Waals surface area contributed by atoms with Gasteiger partial charge in [-0.05, 0) is 24.3 Å². The van der Waals surface area contributed by atoms with E-state index in [1.54, 1.807) is 29.0 Å². The molecule has 2 rings (SSSR count). The molecule has 0 saturated carbocycles. The highest BCUT2D eigenvalue weighted by molar-refractivity contribution is 7.79. The second-order valence-electron chi connectivity index (χ2n) is 3.17. The molecule has 0 unspecified atom stereocenters. The highest BCUT2D eigenvalue weighted by atomic mass is 35.5. The topological polar surface area (TPSA) is 34.9 Å². The van der Waals surface area contributed by atoms with E-state index in [0.717, 1.165) is 12.0 Å². The fraction of sp³-hybridized carbons (Fsp3) is 0.0909. The number of carbonyl (C=O) groups is 1. The summed E-state index contributed by atoms with van der Waals surface area (Å²) in [6, 6.07) is 7.04. The van der Waals surface area contributed by atoms with Crippen LogP contribution in [0.1, 0.15) is 16.2 Å². The van der Waals surface area contributed by atoms with Gasteiger partial charge in [0.15, 0.2) is 12.1 Å². The van der Waals surface area contributed by atoms with Crippen molar-refractivity contribution in [1.82, 2.24) is 9.55 Å². The summed E-state index contributed by atoms with van der Waals surface area (Å²) in [7, 11) is 0. The largest absolute Gasteiger partial charge is 0.296 e. The van der Waals surface area contributed by atoms with Crippen LogP contribution in [0.25, 0.3) is 5.82 Å². The minimum Gasteiger partial charge on any atom is -0.296 e. The Morgan fingerprint density at radius 2 is 2.25 bits per heavy atom. The van der Waals surface area contributed by atoms with Crippen molar-refractivity contribution in [3.63, 3.8) is 0 Å². The van der Waals surface area contributed by atoms with Crippen molar-refractivity contribution in [2.45, 2.75) is 5.75 Å². The molecular weight excluding hydrogens is 244 g/mol. The van der Waals surface area contributed by atoms with Gasteiger partial charge < -0.3 is 0 Å². The van der Waals surface area contributed by atoms with Crippen LogP contribution >= 0.6 is 24.2 Å². The SMILES string of the molecule is O=Cc1ccc(CS)n1-c1ncccc1Cl. The van der Waals surface area contributed by atoms with Gasteiger partial charge >= 0.3 is 0 Å². The molecule has 0 atom stereocenters. The summed E-state index contributed by atoms with van der Waals surface area (Å²) in [5, 5.41) is 0.504. The molecule has 2 aromatic heterocycles. The smallest absolute Gasteiger partial charge is 0.166 e. The Labute approximate surface area is 103 Å². The fourth-order valence-electron chi connectivity index (χ4n) is 1.51. The van der Waals surface area contributed by atoms with Gasteiger partial charge in [-0.2, -0.15) is 12.6 Å². The third-order valence-corrected chi connectivity index (χ3v) is 2.84. The quantitative estimate of drug-likeness (QED) is 0.673. The molecule has 0 aliphatic heterocycles. The Morgan fingerprint density at radius 1 is 1.44 bits per heavy atom. The van der Waals surface area contributed by atoms with Crippen LogP contribution in [-0.2, 0) is 5.75 Å². The van der Waals surface area contributed by atoms with Gasteiger partial charge in [-0.3, -0.25) is 9.36 Å². The maximum Gasteiger partial charge on any atom is 0.166 e. The number of hydrogen-bond donors (Lipinski definition) is 1. The van der Waals surface area contributed by atoms with E-state index in [0.29, 0.717) is 22.3 Å². The predicted octanol–water partition coefficient (Wildman–Crippen LogP) is 2.77. The Balaban J connectivity index is 2.67. The molecule has 0 saturated heterocycles. The average Bonchev–Trinajstić information content (AvgIpc) is 2.72. The van der Waals surface area contributed by atoms with E-state index in [-0.39, 0.29) is 0 Å². The van der Waals surface area contributed by atoms with Crippen molar-refractivity contribution in [2.24, 2.45) is 0 Å². The van der Waals surface area contributed by atoms with Crippen LogP contribution in [0.5, 0.6) is 0 Å². The van der Waals surface area contributed by atoms with E-state index in [9.17, 15) is 4.79 Å². The Kier molecular flexibility index (Phi) is 3.31. The first-order chi connectivity index (χ1) is 7.77. The van der Waals surface area contributed by atoms with E-state index < -0.39 is 0 Å². The molecule has 5 heteroatoms. The molecule has 0 spiro atoms. The number of nitrogens with zero attached hydrogens (tertiary/aromatic N) is 2. The Morgan fingerprint density at radius 3 is 2.88 bits per heavy atom. The summed E-state index contributed by atoms with van der Waals surface area (Å²) in [5.41, 5.74) is 1.40. The lowest BCUT2D eigenvalue weighted by Gasteiger charge is -2.09. The van der Waals surface area contributed by atoms with Crippen molar-refractivity contribution in [3.05, 3.63) is 46.9 Å². The second kappa shape index (κ2) is 4.72. The van der Waals surface area contributed by atoms with E-state index in [1.165, 1.54) is 0 Å². The summed E-state index contributed by atoms with van der Waals surface area (Å²) in [6.45, 7) is 0. The molecule has 0 N–H and O–H groups in total. The van der Waals surface area contributed by atoms with Crippen LogP contribution in [0.4, 0.5) is 0 Å². The molecule has 82 valence electrons. The molecule has 16 heavy (non-hydrogen) atoms. The van der Waals surface area contributed by atoms with Gasteiger partial charge in [-0.25, -0.2) is 4.98 Å². The van der Waals surface area contributed by atoms with E-state index in [4.69, 9.17) is 11.6 Å². The highest BCUT2D eigenvalue weighted by Gasteiger charge is 2.12. The third-order valence-electron chi connectivity index (χ3n) is 2.23. The molecule has 0 bridgehead atoms. The first-order valence-corrected chi connectivity index (χ1v) is 5.66. The molecule has 2 aromatic rings. The molecule has 0 aliphatic carbocycles. The number of rotatable bonds is 3. The number of halogens is 1. The van der Waals surface area contributed by atoms with Crippen LogP contribution in [0.2, 0.25) is 5.02 Å². The van der Waals surface area contributed by atoms with Crippen LogP contribution in [0.3, 0.4) is 0 Å². The summed E-state index contributed by atoms with van der Waals surface area (Å²) in [5.74, 6) is 1.07. The highest BCUT2D eigenvalue weighted by Crippen LogP contribution is 2.22. The monoisotopic (exact) mass is 252 g/mol. The number of pyridine rings is 1. The van der Waals surface area contributed by atoms with Crippen molar-refractivity contribution in [1.29, 1.82) is 0 Å². The van der Waals surface area contributed by atoms with Crippen LogP contribution in [-0.4, -0.2) is 15.8 Å². The molecule has 2 heterocycles. The number of aldehydes is 1. The molecule has 0 fully saturated rings. The number of thiol groups is 1. The minimum absolute atomic E-state index is 0.504. The minimum atomic E-state index is 0.504. The summed E-state index contributed by atoms with van der Waals surface area (Å²) < 4.78 is 1.71. The van der Waals surface area contributed by atoms with Crippen molar-refractivity contribution >= 4 is 30.5 Å². The molecule has 0 radical (unpaired) electrons. The first-order valence-electron chi connectivity index (χ1n) is 4.65. The molecule has 0 amide bonds. The predicted molar refractivity (Wildman–Crippen MR) is 66.7 cm³/mol. The lowest BCUT2D eigenvalue weighted by molar-refractivity contribution is 0.111. The number of aromatic nitrogens is 2. The number of carbonyl (C=O) groups excluding carboxylic acids is 1. The van der Waals surface area contributed by atoms with Gasteiger partial charge in [0.25, 0.3) is 0 Å². The normalized spacial score (nSPS) is 10.4. The van der Waals surface area contributed by atoms with E-state index in [2.05, 4.69) is 17.6 Å². The molecule has 0 aromatic carbocycles. The first kappa shape index (κ1) is 11.2. The zero-order chi connectivity index (χ0) is 11.5. The Hall–Kier alpha value is -1.26. The summed E-state index contributed by atoms with van der Waals surface area (Å²) in [4.78, 5) is 15.1. The lowest BCUT2D eigenvalue weighted by Crippen LogP contribution is -2.05. The zero-order valence-electron chi connectivity index (χ0n) is 8.30. The van der Waals surface area contributed by atoms with Crippen LogP contribution in [0, 0.1) is 0 Å². The summed E-state index contributed by atoms with van der Waals surface area (Å²) in [6.07, 6.45) is 2.41. The molecule has 3 nitrogen and oxygen atoms in total. The van der Waals surface area contributed by atoms with Gasteiger partial charge in [0.2, 0.25) is 0 Å². The van der Waals surface area contributed by atoms with Gasteiger partial charge in [-0.15, -0.1) is 0 Å². The standard InChI is InChI=1S/C11H9ClN2OS/c12-10-2-1-5-13-11(10)14-8(6-15)3-4-9(14)7-16/h1-6,16H,7H2. The zero-order valence-corrected chi connectivity index (χ0v) is 9.95. The summed E-state index contributed by atoms with van der Waals surface area (Å²) >= 11 is 10.3. The number of hydrogen-bond acceptors (Lipinski definition) is 3. The van der Waals surface area contributed by atoms with E-state index >= 15 is 0 Å². The lowest BCUT2D eigenvalue weighted by atomic mass is 10.4. The van der Waals surface area contributed by atoms with Crippen molar-refractivity contribution in [3.8, 4) is 5.82 Å².